The molecule has 0 aromatic heterocycles. The van der Waals surface area contributed by atoms with Crippen molar-refractivity contribution < 1.29 is 9.32 Å². The molecule has 0 spiro atoms. The van der Waals surface area contributed by atoms with Crippen LogP contribution in [0.2, 0.25) is 19.6 Å². The van der Waals surface area contributed by atoms with E-state index in [1.807, 2.05) is 31.2 Å². The Labute approximate surface area is 139 Å². The summed E-state index contributed by atoms with van der Waals surface area (Å²) in [6, 6.07) is 7.76. The third kappa shape index (κ3) is 6.59. The Bertz CT molecular complexity index is 515. The monoisotopic (exact) mass is 338 g/mol. The van der Waals surface area contributed by atoms with Gasteiger partial charge >= 0.3 is 0 Å². The number of hydrogen-bond donors (Lipinski definition) is 1. The van der Waals surface area contributed by atoms with Crippen molar-refractivity contribution in [3.05, 3.63) is 40.4 Å². The molecule has 0 fully saturated rings. The molecule has 0 radical (unpaired) electrons. The van der Waals surface area contributed by atoms with Crippen LogP contribution in [-0.4, -0.2) is 23.5 Å². The molecule has 0 bridgehead atoms. The second-order valence-electron chi connectivity index (χ2n) is 7.01. The lowest BCUT2D eigenvalue weighted by molar-refractivity contribution is 0.204. The maximum absolute atomic E-state index is 12.9. The lowest BCUT2D eigenvalue weighted by Crippen LogP contribution is -2.23. The number of aliphatic hydroxyl groups is 1. The topological polar surface area (TPSA) is 37.3 Å². The molecule has 0 saturated heterocycles. The SMILES string of the molecule is CCCCC[C@H](O)/C(=C\[Si](C)(C)C)S(=O)c1ccc(C)cc1. The second-order valence-corrected chi connectivity index (χ2v) is 13.5. The van der Waals surface area contributed by atoms with Gasteiger partial charge in [0.2, 0.25) is 0 Å². The maximum atomic E-state index is 12.9. The first-order valence-corrected chi connectivity index (χ1v) is 12.9. The predicted molar refractivity (Wildman–Crippen MR) is 99.2 cm³/mol. The minimum Gasteiger partial charge on any atom is -0.388 e. The first kappa shape index (κ1) is 19.3. The molecule has 1 aromatic rings. The lowest BCUT2D eigenvalue weighted by atomic mass is 10.1. The molecule has 0 heterocycles. The fourth-order valence-electron chi connectivity index (χ4n) is 2.23. The molecule has 0 aliphatic heterocycles. The summed E-state index contributed by atoms with van der Waals surface area (Å²) < 4.78 is 12.9. The first-order valence-electron chi connectivity index (χ1n) is 8.14. The molecule has 0 aliphatic rings. The van der Waals surface area contributed by atoms with E-state index in [0.29, 0.717) is 11.3 Å². The Morgan fingerprint density at radius 2 is 1.82 bits per heavy atom. The molecule has 0 saturated carbocycles. The molecule has 1 aromatic carbocycles. The minimum atomic E-state index is -1.55. The van der Waals surface area contributed by atoms with E-state index in [2.05, 4.69) is 32.3 Å². The predicted octanol–water partition coefficient (Wildman–Crippen LogP) is 4.81. The van der Waals surface area contributed by atoms with Crippen molar-refractivity contribution in [2.75, 3.05) is 0 Å². The van der Waals surface area contributed by atoms with E-state index in [-0.39, 0.29) is 0 Å². The number of rotatable bonds is 8. The van der Waals surface area contributed by atoms with E-state index >= 15 is 0 Å². The van der Waals surface area contributed by atoms with Gasteiger partial charge < -0.3 is 5.11 Å². The molecule has 2 atom stereocenters. The summed E-state index contributed by atoms with van der Waals surface area (Å²) in [5, 5.41) is 10.5. The molecule has 0 amide bonds. The molecular weight excluding hydrogens is 308 g/mol. The van der Waals surface area contributed by atoms with E-state index in [4.69, 9.17) is 0 Å². The smallest absolute Gasteiger partial charge is 0.0870 e. The van der Waals surface area contributed by atoms with Gasteiger partial charge in [-0.1, -0.05) is 69.2 Å². The highest BCUT2D eigenvalue weighted by molar-refractivity contribution is 7.89. The minimum absolute atomic E-state index is 0.597. The van der Waals surface area contributed by atoms with Crippen LogP contribution in [0.1, 0.15) is 38.2 Å². The Kier molecular flexibility index (Phi) is 7.73. The van der Waals surface area contributed by atoms with Crippen molar-refractivity contribution in [3.63, 3.8) is 0 Å². The fourth-order valence-corrected chi connectivity index (χ4v) is 5.78. The largest absolute Gasteiger partial charge is 0.388 e. The van der Waals surface area contributed by atoms with E-state index in [9.17, 15) is 9.32 Å². The van der Waals surface area contributed by atoms with Gasteiger partial charge in [0.15, 0.2) is 0 Å². The molecule has 1 N–H and O–H groups in total. The van der Waals surface area contributed by atoms with Crippen molar-refractivity contribution in [2.45, 2.75) is 70.2 Å². The highest BCUT2D eigenvalue weighted by Gasteiger charge is 2.22. The average molecular weight is 339 g/mol. The third-order valence-corrected chi connectivity index (χ3v) is 6.34. The van der Waals surface area contributed by atoms with E-state index in [1.165, 1.54) is 0 Å². The van der Waals surface area contributed by atoms with Gasteiger partial charge in [-0.25, -0.2) is 4.21 Å². The summed E-state index contributed by atoms with van der Waals surface area (Å²) in [6.07, 6.45) is 3.31. The van der Waals surface area contributed by atoms with Crippen LogP contribution in [0.4, 0.5) is 0 Å². The first-order chi connectivity index (χ1) is 10.2. The zero-order valence-electron chi connectivity index (χ0n) is 14.6. The Hall–Kier alpha value is -0.713. The maximum Gasteiger partial charge on any atom is 0.0870 e. The summed E-state index contributed by atoms with van der Waals surface area (Å²) in [6.45, 7) is 10.8. The highest BCUT2D eigenvalue weighted by atomic mass is 32.2. The van der Waals surface area contributed by atoms with Gasteiger partial charge in [0.25, 0.3) is 0 Å². The van der Waals surface area contributed by atoms with Crippen LogP contribution in [0.25, 0.3) is 0 Å². The van der Waals surface area contributed by atoms with Gasteiger partial charge in [-0.2, -0.15) is 0 Å². The molecule has 4 heteroatoms. The molecule has 2 nitrogen and oxygen atoms in total. The summed E-state index contributed by atoms with van der Waals surface area (Å²) in [7, 11) is -2.82. The van der Waals surface area contributed by atoms with Gasteiger partial charge in [-0.3, -0.25) is 0 Å². The van der Waals surface area contributed by atoms with Crippen molar-refractivity contribution in [3.8, 4) is 0 Å². The van der Waals surface area contributed by atoms with Crippen molar-refractivity contribution in [2.24, 2.45) is 0 Å². The Morgan fingerprint density at radius 1 is 1.23 bits per heavy atom. The Balaban J connectivity index is 3.02. The average Bonchev–Trinajstić information content (AvgIpc) is 2.44. The normalized spacial score (nSPS) is 15.6. The number of hydrogen-bond acceptors (Lipinski definition) is 2. The standard InChI is InChI=1S/C18H30O2SSi/c1-6-7-8-9-17(19)18(14-22(3,4)5)21(20)16-12-10-15(2)11-13-16/h10-14,17,19H,6-9H2,1-5H3/b18-14+/t17-,21?/m0/s1. The molecule has 124 valence electrons. The van der Waals surface area contributed by atoms with Gasteiger partial charge in [0.05, 0.1) is 25.0 Å². The van der Waals surface area contributed by atoms with Crippen LogP contribution in [0.5, 0.6) is 0 Å². The number of benzene rings is 1. The quantitative estimate of drug-likeness (QED) is 0.546. The second kappa shape index (κ2) is 8.80. The van der Waals surface area contributed by atoms with Crippen LogP contribution in [-0.2, 0) is 10.8 Å². The van der Waals surface area contributed by atoms with Crippen molar-refractivity contribution in [1.82, 2.24) is 0 Å². The zero-order chi connectivity index (χ0) is 16.8. The van der Waals surface area contributed by atoms with Crippen molar-refractivity contribution >= 4 is 18.9 Å². The summed E-state index contributed by atoms with van der Waals surface area (Å²) in [5.74, 6) is 0. The summed E-state index contributed by atoms with van der Waals surface area (Å²) in [5.41, 5.74) is 3.26. The summed E-state index contributed by atoms with van der Waals surface area (Å²) >= 11 is 0. The van der Waals surface area contributed by atoms with Crippen LogP contribution in [0.15, 0.2) is 39.8 Å². The van der Waals surface area contributed by atoms with Crippen LogP contribution >= 0.6 is 0 Å². The van der Waals surface area contributed by atoms with Crippen LogP contribution < -0.4 is 0 Å². The molecular formula is C18H30O2SSi. The number of aliphatic hydroxyl groups excluding tert-OH is 1. The molecule has 0 aliphatic carbocycles. The molecule has 22 heavy (non-hydrogen) atoms. The molecule has 1 rings (SSSR count). The van der Waals surface area contributed by atoms with Gasteiger partial charge in [0, 0.05) is 9.80 Å². The van der Waals surface area contributed by atoms with Gasteiger partial charge in [0.1, 0.15) is 0 Å². The summed E-state index contributed by atoms with van der Waals surface area (Å²) in [4.78, 5) is 1.49. The van der Waals surface area contributed by atoms with Gasteiger partial charge in [-0.15, -0.1) is 0 Å². The van der Waals surface area contributed by atoms with Crippen molar-refractivity contribution in [1.29, 1.82) is 0 Å². The van der Waals surface area contributed by atoms with Gasteiger partial charge in [-0.05, 0) is 25.5 Å². The van der Waals surface area contributed by atoms with E-state index in [1.54, 1.807) is 0 Å². The van der Waals surface area contributed by atoms with Crippen LogP contribution in [0.3, 0.4) is 0 Å². The number of unbranched alkanes of at least 4 members (excludes halogenated alkanes) is 2. The lowest BCUT2D eigenvalue weighted by Gasteiger charge is -2.19. The molecule has 1 unspecified atom stereocenters. The fraction of sp³-hybridized carbons (Fsp3) is 0.556. The number of aryl methyl sites for hydroxylation is 1. The zero-order valence-corrected chi connectivity index (χ0v) is 16.4. The van der Waals surface area contributed by atoms with E-state index < -0.39 is 25.0 Å². The third-order valence-electron chi connectivity index (χ3n) is 3.43. The van der Waals surface area contributed by atoms with E-state index in [0.717, 1.165) is 29.7 Å². The highest BCUT2D eigenvalue weighted by Crippen LogP contribution is 2.23. The van der Waals surface area contributed by atoms with Crippen LogP contribution in [0, 0.1) is 6.92 Å². The Morgan fingerprint density at radius 3 is 2.32 bits per heavy atom.